The number of halogens is 1. The van der Waals surface area contributed by atoms with Crippen molar-refractivity contribution < 1.29 is 9.13 Å². The van der Waals surface area contributed by atoms with Crippen LogP contribution in [0.25, 0.3) is 0 Å². The van der Waals surface area contributed by atoms with Crippen molar-refractivity contribution in [2.75, 3.05) is 31.6 Å². The van der Waals surface area contributed by atoms with E-state index in [0.717, 1.165) is 18.8 Å². The molecule has 1 aromatic carbocycles. The van der Waals surface area contributed by atoms with Crippen LogP contribution >= 0.6 is 0 Å². The number of piperidine rings is 1. The number of ether oxygens (including phenoxy) is 1. The van der Waals surface area contributed by atoms with Crippen molar-refractivity contribution in [3.05, 3.63) is 24.0 Å². The molecule has 1 unspecified atom stereocenters. The minimum atomic E-state index is -0.289. The number of anilines is 1. The van der Waals surface area contributed by atoms with E-state index in [1.165, 1.54) is 19.3 Å². The Balaban J connectivity index is 1.98. The van der Waals surface area contributed by atoms with E-state index >= 15 is 0 Å². The fraction of sp³-hybridized carbons (Fsp3) is 0.600. The predicted molar refractivity (Wildman–Crippen MR) is 76.5 cm³/mol. The number of nitrogens with one attached hydrogen (secondary N) is 1. The molecule has 1 aliphatic rings. The summed E-state index contributed by atoms with van der Waals surface area (Å²) in [7, 11) is 2.01. The molecule has 2 rings (SSSR count). The van der Waals surface area contributed by atoms with Gasteiger partial charge in [-0.1, -0.05) is 6.42 Å². The first-order valence-electron chi connectivity index (χ1n) is 7.07. The van der Waals surface area contributed by atoms with Gasteiger partial charge in [0.2, 0.25) is 0 Å². The van der Waals surface area contributed by atoms with Crippen molar-refractivity contribution in [2.24, 2.45) is 0 Å². The summed E-state index contributed by atoms with van der Waals surface area (Å²) in [5.74, 6) is 0.0400. The van der Waals surface area contributed by atoms with Gasteiger partial charge in [-0.15, -0.1) is 0 Å². The van der Waals surface area contributed by atoms with Crippen LogP contribution in [0.3, 0.4) is 0 Å². The quantitative estimate of drug-likeness (QED) is 0.887. The van der Waals surface area contributed by atoms with E-state index in [9.17, 15) is 4.39 Å². The Kier molecular flexibility index (Phi) is 5.02. The van der Waals surface area contributed by atoms with Crippen LogP contribution in [0.2, 0.25) is 0 Å². The Hall–Kier alpha value is -1.29. The maximum absolute atomic E-state index is 13.8. The lowest BCUT2D eigenvalue weighted by Gasteiger charge is -2.29. The largest absolute Gasteiger partial charge is 0.491 e. The highest BCUT2D eigenvalue weighted by Gasteiger charge is 2.15. The molecule has 4 heteroatoms. The van der Waals surface area contributed by atoms with E-state index < -0.39 is 0 Å². The lowest BCUT2D eigenvalue weighted by Crippen LogP contribution is -2.42. The molecule has 0 aromatic heterocycles. The van der Waals surface area contributed by atoms with Crippen molar-refractivity contribution in [1.82, 2.24) is 5.32 Å². The first kappa shape index (κ1) is 14.1. The molecule has 0 saturated carbocycles. The van der Waals surface area contributed by atoms with E-state index in [4.69, 9.17) is 4.74 Å². The summed E-state index contributed by atoms with van der Waals surface area (Å²) in [6.45, 7) is 4.34. The van der Waals surface area contributed by atoms with Gasteiger partial charge in [0.25, 0.3) is 0 Å². The number of hydrogen-bond donors (Lipinski definition) is 1. The molecule has 1 atom stereocenters. The predicted octanol–water partition coefficient (Wildman–Crippen LogP) is 2.80. The van der Waals surface area contributed by atoms with Crippen molar-refractivity contribution in [2.45, 2.75) is 32.2 Å². The fourth-order valence-electron chi connectivity index (χ4n) is 2.52. The Labute approximate surface area is 114 Å². The third-order valence-electron chi connectivity index (χ3n) is 3.56. The van der Waals surface area contributed by atoms with E-state index in [0.29, 0.717) is 18.4 Å². The van der Waals surface area contributed by atoms with Crippen LogP contribution in [0.5, 0.6) is 5.75 Å². The molecular weight excluding hydrogens is 243 g/mol. The Bertz CT molecular complexity index is 405. The van der Waals surface area contributed by atoms with Crippen LogP contribution in [0.4, 0.5) is 10.1 Å². The summed E-state index contributed by atoms with van der Waals surface area (Å²) in [6.07, 6.45) is 3.74. The smallest absolute Gasteiger partial charge is 0.167 e. The summed E-state index contributed by atoms with van der Waals surface area (Å²) in [4.78, 5) is 2.10. The number of hydrogen-bond acceptors (Lipinski definition) is 3. The Morgan fingerprint density at radius 1 is 1.42 bits per heavy atom. The molecule has 1 saturated heterocycles. The molecule has 1 heterocycles. The lowest BCUT2D eigenvalue weighted by molar-refractivity contribution is 0.321. The zero-order valence-corrected chi connectivity index (χ0v) is 11.8. The van der Waals surface area contributed by atoms with Crippen LogP contribution < -0.4 is 15.0 Å². The maximum atomic E-state index is 13.8. The van der Waals surface area contributed by atoms with Gasteiger partial charge in [0, 0.05) is 31.4 Å². The molecule has 3 nitrogen and oxygen atoms in total. The van der Waals surface area contributed by atoms with E-state index in [1.807, 2.05) is 20.0 Å². The summed E-state index contributed by atoms with van der Waals surface area (Å²) >= 11 is 0. The van der Waals surface area contributed by atoms with Crippen LogP contribution in [0.1, 0.15) is 26.2 Å². The lowest BCUT2D eigenvalue weighted by atomic mass is 10.0. The zero-order valence-electron chi connectivity index (χ0n) is 11.8. The van der Waals surface area contributed by atoms with Gasteiger partial charge in [0.05, 0.1) is 6.61 Å². The molecular formula is C15H23FN2O. The molecule has 19 heavy (non-hydrogen) atoms. The molecule has 106 valence electrons. The third kappa shape index (κ3) is 3.83. The standard InChI is InChI=1S/C15H23FN2O/c1-3-19-15-8-7-13(10-14(15)16)18(2)11-12-6-4-5-9-17-12/h7-8,10,12,17H,3-6,9,11H2,1-2H3. The van der Waals surface area contributed by atoms with Gasteiger partial charge in [-0.2, -0.15) is 0 Å². The van der Waals surface area contributed by atoms with E-state index in [1.54, 1.807) is 12.1 Å². The molecule has 1 N–H and O–H groups in total. The van der Waals surface area contributed by atoms with Gasteiger partial charge >= 0.3 is 0 Å². The molecule has 1 aromatic rings. The fourth-order valence-corrected chi connectivity index (χ4v) is 2.52. The highest BCUT2D eigenvalue weighted by molar-refractivity contribution is 5.49. The van der Waals surface area contributed by atoms with Gasteiger partial charge in [-0.3, -0.25) is 0 Å². The van der Waals surface area contributed by atoms with Crippen molar-refractivity contribution in [3.63, 3.8) is 0 Å². The first-order chi connectivity index (χ1) is 9.20. The maximum Gasteiger partial charge on any atom is 0.167 e. The van der Waals surface area contributed by atoms with Gasteiger partial charge in [-0.05, 0) is 38.4 Å². The molecule has 0 radical (unpaired) electrons. The second-order valence-electron chi connectivity index (χ2n) is 5.08. The van der Waals surface area contributed by atoms with Gasteiger partial charge in [-0.25, -0.2) is 4.39 Å². The zero-order chi connectivity index (χ0) is 13.7. The van der Waals surface area contributed by atoms with Gasteiger partial charge < -0.3 is 15.0 Å². The molecule has 1 fully saturated rings. The Morgan fingerprint density at radius 3 is 2.89 bits per heavy atom. The van der Waals surface area contributed by atoms with Crippen molar-refractivity contribution in [3.8, 4) is 5.75 Å². The molecule has 0 spiro atoms. The molecule has 1 aliphatic heterocycles. The summed E-state index contributed by atoms with van der Waals surface area (Å²) < 4.78 is 19.0. The van der Waals surface area contributed by atoms with Crippen LogP contribution in [0.15, 0.2) is 18.2 Å². The number of rotatable bonds is 5. The van der Waals surface area contributed by atoms with Crippen LogP contribution in [-0.4, -0.2) is 32.8 Å². The topological polar surface area (TPSA) is 24.5 Å². The minimum absolute atomic E-state index is 0.289. The molecule has 0 aliphatic carbocycles. The summed E-state index contributed by atoms with van der Waals surface area (Å²) in [5.41, 5.74) is 0.897. The third-order valence-corrected chi connectivity index (χ3v) is 3.56. The summed E-state index contributed by atoms with van der Waals surface area (Å²) in [5, 5.41) is 3.51. The molecule has 0 bridgehead atoms. The first-order valence-corrected chi connectivity index (χ1v) is 7.07. The second kappa shape index (κ2) is 6.75. The average molecular weight is 266 g/mol. The van der Waals surface area contributed by atoms with Crippen LogP contribution in [0, 0.1) is 5.82 Å². The van der Waals surface area contributed by atoms with Crippen molar-refractivity contribution >= 4 is 5.69 Å². The number of benzene rings is 1. The minimum Gasteiger partial charge on any atom is -0.491 e. The second-order valence-corrected chi connectivity index (χ2v) is 5.08. The van der Waals surface area contributed by atoms with Gasteiger partial charge in [0.15, 0.2) is 11.6 Å². The Morgan fingerprint density at radius 2 is 2.26 bits per heavy atom. The highest BCUT2D eigenvalue weighted by atomic mass is 19.1. The van der Waals surface area contributed by atoms with E-state index in [2.05, 4.69) is 10.2 Å². The highest BCUT2D eigenvalue weighted by Crippen LogP contribution is 2.23. The molecule has 0 amide bonds. The average Bonchev–Trinajstić information content (AvgIpc) is 2.42. The number of likely N-dealkylation sites (N-methyl/N-ethyl adjacent to an activating group) is 1. The van der Waals surface area contributed by atoms with E-state index in [-0.39, 0.29) is 5.82 Å². The summed E-state index contributed by atoms with van der Waals surface area (Å²) in [6, 6.07) is 5.68. The SMILES string of the molecule is CCOc1ccc(N(C)CC2CCCCN2)cc1F. The normalized spacial score (nSPS) is 19.2. The van der Waals surface area contributed by atoms with Gasteiger partial charge in [0.1, 0.15) is 0 Å². The van der Waals surface area contributed by atoms with Crippen LogP contribution in [-0.2, 0) is 0 Å². The monoisotopic (exact) mass is 266 g/mol. The number of nitrogens with zero attached hydrogens (tertiary/aromatic N) is 1. The van der Waals surface area contributed by atoms with Crippen molar-refractivity contribution in [1.29, 1.82) is 0 Å².